The van der Waals surface area contributed by atoms with Crippen LogP contribution < -0.4 is 14.8 Å². The van der Waals surface area contributed by atoms with Crippen LogP contribution in [-0.4, -0.2) is 58.3 Å². The molecule has 2 fully saturated rings. The molecule has 8 nitrogen and oxygen atoms in total. The van der Waals surface area contributed by atoms with Crippen molar-refractivity contribution < 1.29 is 14.3 Å². The summed E-state index contributed by atoms with van der Waals surface area (Å²) >= 11 is 0. The van der Waals surface area contributed by atoms with Crippen molar-refractivity contribution in [2.75, 3.05) is 26.4 Å². The number of benzene rings is 1. The summed E-state index contributed by atoms with van der Waals surface area (Å²) in [6, 6.07) is 6.91. The molecule has 0 unspecified atom stereocenters. The number of hydrogen-bond acceptors (Lipinski definition) is 6. The summed E-state index contributed by atoms with van der Waals surface area (Å²) in [6.07, 6.45) is 7.05. The maximum Gasteiger partial charge on any atom is 0.273 e. The third-order valence-electron chi connectivity index (χ3n) is 6.18. The smallest absolute Gasteiger partial charge is 0.273 e. The number of piperidine rings is 1. The van der Waals surface area contributed by atoms with Gasteiger partial charge in [-0.15, -0.1) is 5.10 Å². The molecular formula is C22H29N5O3. The molecule has 1 N–H and O–H groups in total. The number of nitrogens with zero attached hydrogens (tertiary/aromatic N) is 4. The van der Waals surface area contributed by atoms with E-state index in [1.54, 1.807) is 6.20 Å². The van der Waals surface area contributed by atoms with E-state index in [0.717, 1.165) is 63.2 Å². The average Bonchev–Trinajstić information content (AvgIpc) is 3.23. The van der Waals surface area contributed by atoms with Crippen molar-refractivity contribution in [1.29, 1.82) is 0 Å². The van der Waals surface area contributed by atoms with E-state index in [-0.39, 0.29) is 5.91 Å². The molecule has 1 atom stereocenters. The van der Waals surface area contributed by atoms with Gasteiger partial charge in [0.2, 0.25) is 6.79 Å². The Kier molecular flexibility index (Phi) is 5.33. The summed E-state index contributed by atoms with van der Waals surface area (Å²) in [5, 5.41) is 11.3. The normalized spacial score (nSPS) is 20.3. The van der Waals surface area contributed by atoms with Crippen LogP contribution in [0.1, 0.15) is 54.7 Å². The van der Waals surface area contributed by atoms with E-state index >= 15 is 0 Å². The fourth-order valence-corrected chi connectivity index (χ4v) is 4.39. The van der Waals surface area contributed by atoms with Crippen molar-refractivity contribution in [3.05, 3.63) is 35.7 Å². The maximum absolute atomic E-state index is 12.1. The minimum Gasteiger partial charge on any atom is -0.454 e. The topological polar surface area (TPSA) is 81.5 Å². The van der Waals surface area contributed by atoms with E-state index in [1.807, 2.05) is 10.7 Å². The van der Waals surface area contributed by atoms with Crippen LogP contribution >= 0.6 is 0 Å². The molecule has 0 radical (unpaired) electrons. The SMILES string of the molecule is C[C@H](Cc1ccc2c(c1)OCO2)CN1CCC(n2cc(C(=O)NC3CC3)nn2)CC1. The summed E-state index contributed by atoms with van der Waals surface area (Å²) in [7, 11) is 0. The molecule has 30 heavy (non-hydrogen) atoms. The van der Waals surface area contributed by atoms with Crippen LogP contribution in [0.2, 0.25) is 0 Å². The monoisotopic (exact) mass is 411 g/mol. The molecule has 160 valence electrons. The van der Waals surface area contributed by atoms with E-state index < -0.39 is 0 Å². The Labute approximate surface area is 176 Å². The van der Waals surface area contributed by atoms with Gasteiger partial charge >= 0.3 is 0 Å². The number of rotatable bonds is 7. The number of nitrogens with one attached hydrogen (secondary N) is 1. The average molecular weight is 412 g/mol. The zero-order valence-corrected chi connectivity index (χ0v) is 17.4. The molecule has 1 saturated carbocycles. The number of aromatic nitrogens is 3. The van der Waals surface area contributed by atoms with Crippen molar-refractivity contribution >= 4 is 5.91 Å². The first-order chi connectivity index (χ1) is 14.6. The lowest BCUT2D eigenvalue weighted by Crippen LogP contribution is -2.37. The third-order valence-corrected chi connectivity index (χ3v) is 6.18. The number of fused-ring (bicyclic) bond motifs is 1. The minimum atomic E-state index is -0.0986. The Morgan fingerprint density at radius 1 is 1.20 bits per heavy atom. The standard InChI is InChI=1S/C22H29N5O3/c1-15(10-16-2-5-20-21(11-16)30-14-29-20)12-26-8-6-18(7-9-26)27-13-19(24-25-27)22(28)23-17-3-4-17/h2,5,11,13,15,17-18H,3-4,6-10,12,14H2,1H3,(H,23,28)/t15-/m1/s1. The van der Waals surface area contributed by atoms with Crippen LogP contribution in [-0.2, 0) is 6.42 Å². The van der Waals surface area contributed by atoms with E-state index in [2.05, 4.69) is 39.6 Å². The van der Waals surface area contributed by atoms with Crippen molar-refractivity contribution in [3.8, 4) is 11.5 Å². The van der Waals surface area contributed by atoms with Crippen molar-refractivity contribution in [2.24, 2.45) is 5.92 Å². The van der Waals surface area contributed by atoms with Crippen LogP contribution in [0.25, 0.3) is 0 Å². The number of likely N-dealkylation sites (tertiary alicyclic amines) is 1. The lowest BCUT2D eigenvalue weighted by Gasteiger charge is -2.33. The molecule has 1 aromatic carbocycles. The molecule has 1 aliphatic carbocycles. The Hall–Kier alpha value is -2.61. The van der Waals surface area contributed by atoms with E-state index in [0.29, 0.717) is 30.5 Å². The van der Waals surface area contributed by atoms with E-state index in [1.165, 1.54) is 5.56 Å². The number of ether oxygens (including phenoxy) is 2. The van der Waals surface area contributed by atoms with Gasteiger partial charge in [-0.2, -0.15) is 0 Å². The maximum atomic E-state index is 12.1. The predicted octanol–water partition coefficient (Wildman–Crippen LogP) is 2.41. The van der Waals surface area contributed by atoms with Gasteiger partial charge in [0.05, 0.1) is 12.2 Å². The quantitative estimate of drug-likeness (QED) is 0.754. The lowest BCUT2D eigenvalue weighted by atomic mass is 9.98. The Morgan fingerprint density at radius 2 is 2.00 bits per heavy atom. The molecule has 2 aliphatic heterocycles. The van der Waals surface area contributed by atoms with Crippen LogP contribution in [0.15, 0.2) is 24.4 Å². The molecule has 0 spiro atoms. The molecule has 3 heterocycles. The van der Waals surface area contributed by atoms with Gasteiger partial charge in [-0.25, -0.2) is 4.68 Å². The fourth-order valence-electron chi connectivity index (χ4n) is 4.39. The second-order valence-electron chi connectivity index (χ2n) is 8.86. The van der Waals surface area contributed by atoms with Gasteiger partial charge in [-0.1, -0.05) is 18.2 Å². The van der Waals surface area contributed by atoms with Crippen LogP contribution in [0.5, 0.6) is 11.5 Å². The van der Waals surface area contributed by atoms with Crippen LogP contribution in [0.3, 0.4) is 0 Å². The number of carbonyl (C=O) groups excluding carboxylic acids is 1. The van der Waals surface area contributed by atoms with Crippen molar-refractivity contribution in [1.82, 2.24) is 25.2 Å². The number of amides is 1. The highest BCUT2D eigenvalue weighted by Crippen LogP contribution is 2.33. The molecule has 1 saturated heterocycles. The van der Waals surface area contributed by atoms with E-state index in [9.17, 15) is 4.79 Å². The highest BCUT2D eigenvalue weighted by Gasteiger charge is 2.27. The predicted molar refractivity (Wildman–Crippen MR) is 111 cm³/mol. The van der Waals surface area contributed by atoms with Gasteiger partial charge in [0.15, 0.2) is 17.2 Å². The molecule has 1 amide bonds. The minimum absolute atomic E-state index is 0.0986. The van der Waals surface area contributed by atoms with Gasteiger partial charge in [0.25, 0.3) is 5.91 Å². The Morgan fingerprint density at radius 3 is 2.80 bits per heavy atom. The van der Waals surface area contributed by atoms with Crippen molar-refractivity contribution in [3.63, 3.8) is 0 Å². The Balaban J connectivity index is 1.09. The van der Waals surface area contributed by atoms with Crippen LogP contribution in [0.4, 0.5) is 0 Å². The first kappa shape index (κ1) is 19.4. The highest BCUT2D eigenvalue weighted by molar-refractivity contribution is 5.92. The zero-order chi connectivity index (χ0) is 20.5. The lowest BCUT2D eigenvalue weighted by molar-refractivity contribution is 0.0946. The van der Waals surface area contributed by atoms with Gasteiger partial charge in [0, 0.05) is 25.7 Å². The summed E-state index contributed by atoms with van der Waals surface area (Å²) in [6.45, 7) is 5.79. The Bertz CT molecular complexity index is 902. The molecule has 8 heteroatoms. The van der Waals surface area contributed by atoms with Crippen molar-refractivity contribution in [2.45, 2.75) is 51.1 Å². The molecule has 1 aromatic heterocycles. The zero-order valence-electron chi connectivity index (χ0n) is 17.4. The van der Waals surface area contributed by atoms with E-state index in [4.69, 9.17) is 9.47 Å². The number of hydrogen-bond donors (Lipinski definition) is 1. The second kappa shape index (κ2) is 8.26. The van der Waals surface area contributed by atoms with Crippen LogP contribution in [0, 0.1) is 5.92 Å². The summed E-state index contributed by atoms with van der Waals surface area (Å²) in [5.74, 6) is 2.16. The molecule has 0 bridgehead atoms. The molecule has 2 aromatic rings. The molecular weight excluding hydrogens is 382 g/mol. The molecule has 5 rings (SSSR count). The third kappa shape index (κ3) is 4.43. The summed E-state index contributed by atoms with van der Waals surface area (Å²) < 4.78 is 12.8. The van der Waals surface area contributed by atoms with Gasteiger partial charge in [-0.3, -0.25) is 4.79 Å². The molecule has 3 aliphatic rings. The number of carbonyl (C=O) groups is 1. The summed E-state index contributed by atoms with van der Waals surface area (Å²) in [5.41, 5.74) is 1.72. The largest absolute Gasteiger partial charge is 0.454 e. The van der Waals surface area contributed by atoms with Gasteiger partial charge in [0.1, 0.15) is 0 Å². The first-order valence-corrected chi connectivity index (χ1v) is 11.0. The second-order valence-corrected chi connectivity index (χ2v) is 8.86. The van der Waals surface area contributed by atoms with Gasteiger partial charge < -0.3 is 19.7 Å². The highest BCUT2D eigenvalue weighted by atomic mass is 16.7. The first-order valence-electron chi connectivity index (χ1n) is 11.0. The summed E-state index contributed by atoms with van der Waals surface area (Å²) in [4.78, 5) is 14.7. The fraction of sp³-hybridized carbons (Fsp3) is 0.591. The van der Waals surface area contributed by atoms with Gasteiger partial charge in [-0.05, 0) is 55.7 Å².